The van der Waals surface area contributed by atoms with Crippen LogP contribution in [0.15, 0.2) is 90.0 Å². The third kappa shape index (κ3) is 5.74. The van der Waals surface area contributed by atoms with Crippen LogP contribution >= 0.6 is 24.0 Å². The number of para-hydroxylation sites is 1. The number of amides is 1. The van der Waals surface area contributed by atoms with E-state index < -0.39 is 0 Å². The van der Waals surface area contributed by atoms with E-state index in [0.717, 1.165) is 39.4 Å². The number of aryl methyl sites for hydroxylation is 1. The van der Waals surface area contributed by atoms with Gasteiger partial charge in [-0.2, -0.15) is 5.10 Å². The molecule has 2 heterocycles. The second-order valence-corrected chi connectivity index (χ2v) is 11.3. The maximum absolute atomic E-state index is 13.4. The molecule has 1 aliphatic rings. The predicted molar refractivity (Wildman–Crippen MR) is 159 cm³/mol. The van der Waals surface area contributed by atoms with Gasteiger partial charge < -0.3 is 4.74 Å². The van der Waals surface area contributed by atoms with E-state index in [-0.39, 0.29) is 5.91 Å². The molecular weight excluding hydrogens is 510 g/mol. The van der Waals surface area contributed by atoms with E-state index in [9.17, 15) is 4.79 Å². The molecule has 7 heteroatoms. The third-order valence-corrected chi connectivity index (χ3v) is 7.51. The van der Waals surface area contributed by atoms with Gasteiger partial charge in [-0.1, -0.05) is 86.4 Å². The lowest BCUT2D eigenvalue weighted by Crippen LogP contribution is -2.27. The molecule has 1 aliphatic heterocycles. The molecule has 0 saturated carbocycles. The summed E-state index contributed by atoms with van der Waals surface area (Å²) in [4.78, 5) is 15.6. The van der Waals surface area contributed by atoms with E-state index in [1.54, 1.807) is 4.90 Å². The first kappa shape index (κ1) is 25.9. The van der Waals surface area contributed by atoms with Gasteiger partial charge in [0.1, 0.15) is 15.8 Å². The van der Waals surface area contributed by atoms with Crippen LogP contribution < -0.4 is 4.74 Å². The van der Waals surface area contributed by atoms with E-state index in [1.807, 2.05) is 96.7 Å². The van der Waals surface area contributed by atoms with Crippen molar-refractivity contribution >= 4 is 40.3 Å². The topological polar surface area (TPSA) is 47.4 Å². The highest BCUT2D eigenvalue weighted by Crippen LogP contribution is 2.36. The van der Waals surface area contributed by atoms with Gasteiger partial charge in [-0.3, -0.25) is 9.69 Å². The Morgan fingerprint density at radius 2 is 1.74 bits per heavy atom. The molecule has 5 rings (SSSR count). The second kappa shape index (κ2) is 11.4. The Kier molecular flexibility index (Phi) is 7.77. The molecule has 1 saturated heterocycles. The molecule has 1 aromatic heterocycles. The average molecular weight is 540 g/mol. The van der Waals surface area contributed by atoms with Gasteiger partial charge in [-0.05, 0) is 60.4 Å². The first-order chi connectivity index (χ1) is 18.4. The fraction of sp³-hybridized carbons (Fsp3) is 0.194. The van der Waals surface area contributed by atoms with E-state index in [4.69, 9.17) is 22.1 Å². The number of thiocarbonyl (C=S) groups is 1. The normalized spacial score (nSPS) is 14.6. The van der Waals surface area contributed by atoms with Crippen molar-refractivity contribution < 1.29 is 9.53 Å². The Labute approximate surface area is 233 Å². The van der Waals surface area contributed by atoms with Crippen LogP contribution in [-0.4, -0.2) is 31.5 Å². The fourth-order valence-corrected chi connectivity index (χ4v) is 5.43. The summed E-state index contributed by atoms with van der Waals surface area (Å²) in [6.07, 6.45) is 3.87. The maximum atomic E-state index is 13.4. The van der Waals surface area contributed by atoms with E-state index >= 15 is 0 Å². The summed E-state index contributed by atoms with van der Waals surface area (Å²) in [5, 5.41) is 4.93. The maximum Gasteiger partial charge on any atom is 0.266 e. The number of nitrogens with zero attached hydrogens (tertiary/aromatic N) is 3. The highest BCUT2D eigenvalue weighted by molar-refractivity contribution is 8.26. The molecule has 0 aliphatic carbocycles. The summed E-state index contributed by atoms with van der Waals surface area (Å²) in [5.74, 6) is 1.23. The molecule has 0 spiro atoms. The summed E-state index contributed by atoms with van der Waals surface area (Å²) in [6.45, 7) is 7.43. The van der Waals surface area contributed by atoms with Crippen molar-refractivity contribution in [2.24, 2.45) is 5.92 Å². The number of ether oxygens (including phenoxy) is 1. The Balaban J connectivity index is 1.51. The quantitative estimate of drug-likeness (QED) is 0.174. The van der Waals surface area contributed by atoms with Crippen LogP contribution in [-0.2, 0) is 11.3 Å². The zero-order valence-electron chi connectivity index (χ0n) is 21.6. The lowest BCUT2D eigenvalue weighted by Gasteiger charge is -2.14. The summed E-state index contributed by atoms with van der Waals surface area (Å²) < 4.78 is 8.39. The van der Waals surface area contributed by atoms with Crippen LogP contribution in [0.5, 0.6) is 5.75 Å². The van der Waals surface area contributed by atoms with Gasteiger partial charge >= 0.3 is 0 Å². The molecule has 1 fully saturated rings. The van der Waals surface area contributed by atoms with Crippen molar-refractivity contribution in [3.63, 3.8) is 0 Å². The molecule has 38 heavy (non-hydrogen) atoms. The first-order valence-electron chi connectivity index (χ1n) is 12.6. The van der Waals surface area contributed by atoms with E-state index in [2.05, 4.69) is 19.9 Å². The lowest BCUT2D eigenvalue weighted by molar-refractivity contribution is -0.122. The van der Waals surface area contributed by atoms with Gasteiger partial charge in [0.15, 0.2) is 0 Å². The Hall–Kier alpha value is -3.68. The SMILES string of the molecule is Cc1cc(-c2nn(-c3ccccc3)cc2/C=C2\SC(=S)N(Cc3ccccc3)C2=O)ccc1OCC(C)C. The smallest absolute Gasteiger partial charge is 0.266 e. The molecule has 4 aromatic rings. The summed E-state index contributed by atoms with van der Waals surface area (Å²) in [6, 6.07) is 26.0. The highest BCUT2D eigenvalue weighted by Gasteiger charge is 2.32. The monoisotopic (exact) mass is 539 g/mol. The lowest BCUT2D eigenvalue weighted by atomic mass is 10.0. The van der Waals surface area contributed by atoms with Gasteiger partial charge in [0.05, 0.1) is 23.7 Å². The van der Waals surface area contributed by atoms with Crippen LogP contribution in [0.1, 0.15) is 30.5 Å². The van der Waals surface area contributed by atoms with E-state index in [1.165, 1.54) is 11.8 Å². The zero-order valence-corrected chi connectivity index (χ0v) is 23.3. The molecule has 0 unspecified atom stereocenters. The van der Waals surface area contributed by atoms with Gasteiger partial charge in [0.2, 0.25) is 0 Å². The third-order valence-electron chi connectivity index (χ3n) is 6.13. The van der Waals surface area contributed by atoms with Crippen molar-refractivity contribution in [3.05, 3.63) is 107 Å². The minimum Gasteiger partial charge on any atom is -0.493 e. The number of carbonyl (C=O) groups is 1. The predicted octanol–water partition coefficient (Wildman–Crippen LogP) is 7.28. The molecule has 5 nitrogen and oxygen atoms in total. The number of hydrogen-bond donors (Lipinski definition) is 0. The fourth-order valence-electron chi connectivity index (χ4n) is 4.19. The molecule has 0 atom stereocenters. The minimum absolute atomic E-state index is 0.0871. The Bertz CT molecular complexity index is 1490. The molecular formula is C31H29N3O2S2. The van der Waals surface area contributed by atoms with E-state index in [0.29, 0.717) is 28.3 Å². The number of hydrogen-bond acceptors (Lipinski definition) is 5. The second-order valence-electron chi connectivity index (χ2n) is 9.65. The molecule has 1 amide bonds. The van der Waals surface area contributed by atoms with Crippen molar-refractivity contribution in [2.45, 2.75) is 27.3 Å². The zero-order chi connectivity index (χ0) is 26.6. The number of benzene rings is 3. The van der Waals surface area contributed by atoms with Crippen LogP contribution in [0, 0.1) is 12.8 Å². The number of carbonyl (C=O) groups excluding carboxylic acids is 1. The van der Waals surface area contributed by atoms with Crippen LogP contribution in [0.3, 0.4) is 0 Å². The van der Waals surface area contributed by atoms with Crippen LogP contribution in [0.2, 0.25) is 0 Å². The highest BCUT2D eigenvalue weighted by atomic mass is 32.2. The molecule has 0 radical (unpaired) electrons. The standard InChI is InChI=1S/C31H29N3O2S2/c1-21(2)20-36-27-15-14-24(16-22(27)3)29-25(19-34(32-29)26-12-8-5-9-13-26)17-28-30(35)33(31(37)38-28)18-23-10-6-4-7-11-23/h4-17,19,21H,18,20H2,1-3H3/b28-17-. The van der Waals surface area contributed by atoms with Gasteiger partial charge in [0, 0.05) is 17.3 Å². The summed E-state index contributed by atoms with van der Waals surface area (Å²) in [5.41, 5.74) is 5.62. The van der Waals surface area contributed by atoms with Crippen molar-refractivity contribution in [1.29, 1.82) is 0 Å². The van der Waals surface area contributed by atoms with Crippen LogP contribution in [0.4, 0.5) is 0 Å². The first-order valence-corrected chi connectivity index (χ1v) is 13.8. The Morgan fingerprint density at radius 3 is 2.42 bits per heavy atom. The minimum atomic E-state index is -0.0871. The largest absolute Gasteiger partial charge is 0.493 e. The molecule has 0 bridgehead atoms. The van der Waals surface area contributed by atoms with Crippen molar-refractivity contribution in [2.75, 3.05) is 6.61 Å². The van der Waals surface area contributed by atoms with Gasteiger partial charge in [-0.15, -0.1) is 0 Å². The van der Waals surface area contributed by atoms with Crippen LogP contribution in [0.25, 0.3) is 23.0 Å². The van der Waals surface area contributed by atoms with Crippen molar-refractivity contribution in [3.8, 4) is 22.7 Å². The molecule has 3 aromatic carbocycles. The molecule has 0 N–H and O–H groups in total. The summed E-state index contributed by atoms with van der Waals surface area (Å²) in [7, 11) is 0. The Morgan fingerprint density at radius 1 is 1.03 bits per heavy atom. The molecule has 192 valence electrons. The number of rotatable bonds is 8. The van der Waals surface area contributed by atoms with Gasteiger partial charge in [0.25, 0.3) is 5.91 Å². The summed E-state index contributed by atoms with van der Waals surface area (Å²) >= 11 is 6.92. The number of aromatic nitrogens is 2. The van der Waals surface area contributed by atoms with Crippen molar-refractivity contribution in [1.82, 2.24) is 14.7 Å². The number of thioether (sulfide) groups is 1. The van der Waals surface area contributed by atoms with Gasteiger partial charge in [-0.25, -0.2) is 4.68 Å². The average Bonchev–Trinajstić information content (AvgIpc) is 3.45.